The Kier molecular flexibility index (Phi) is 1.66. The van der Waals surface area contributed by atoms with Crippen molar-refractivity contribution in [2.75, 3.05) is 13.2 Å². The van der Waals surface area contributed by atoms with Gasteiger partial charge in [-0.05, 0) is 18.9 Å². The van der Waals surface area contributed by atoms with Gasteiger partial charge < -0.3 is 9.47 Å². The van der Waals surface area contributed by atoms with Crippen molar-refractivity contribution in [2.45, 2.75) is 18.3 Å². The van der Waals surface area contributed by atoms with Crippen molar-refractivity contribution in [1.82, 2.24) is 0 Å². The van der Waals surface area contributed by atoms with Crippen LogP contribution in [-0.4, -0.2) is 13.2 Å². The molecule has 0 radical (unpaired) electrons. The van der Waals surface area contributed by atoms with Gasteiger partial charge in [0, 0.05) is 5.56 Å². The lowest BCUT2D eigenvalue weighted by Gasteiger charge is -2.22. The molecule has 0 spiro atoms. The van der Waals surface area contributed by atoms with E-state index in [2.05, 4.69) is 6.07 Å². The maximum atomic E-state index is 9.17. The summed E-state index contributed by atoms with van der Waals surface area (Å²) in [4.78, 5) is 0. The lowest BCUT2D eigenvalue weighted by molar-refractivity contribution is 0.169. The molecular weight excluding hydrogens is 190 g/mol. The molecule has 0 aromatic heterocycles. The summed E-state index contributed by atoms with van der Waals surface area (Å²) < 4.78 is 11.1. The summed E-state index contributed by atoms with van der Waals surface area (Å²) in [5, 5.41) is 9.17. The van der Waals surface area contributed by atoms with Gasteiger partial charge in [-0.25, -0.2) is 0 Å². The second-order valence-electron chi connectivity index (χ2n) is 4.02. The Morgan fingerprint density at radius 1 is 1.20 bits per heavy atom. The van der Waals surface area contributed by atoms with Crippen molar-refractivity contribution in [3.05, 3.63) is 23.8 Å². The number of para-hydroxylation sites is 1. The van der Waals surface area contributed by atoms with E-state index in [0.717, 1.165) is 29.9 Å². The maximum Gasteiger partial charge on any atom is 0.166 e. The first-order valence-corrected chi connectivity index (χ1v) is 5.16. The van der Waals surface area contributed by atoms with E-state index in [1.54, 1.807) is 0 Å². The molecular formula is C12H11NO2. The van der Waals surface area contributed by atoms with Crippen molar-refractivity contribution in [3.8, 4) is 17.6 Å². The first kappa shape index (κ1) is 8.60. The molecule has 1 heterocycles. The van der Waals surface area contributed by atoms with Crippen molar-refractivity contribution < 1.29 is 9.47 Å². The third-order valence-corrected chi connectivity index (χ3v) is 3.05. The molecule has 76 valence electrons. The molecule has 3 heteroatoms. The second-order valence-corrected chi connectivity index (χ2v) is 4.02. The van der Waals surface area contributed by atoms with Crippen LogP contribution in [0.3, 0.4) is 0 Å². The Hall–Kier alpha value is -1.69. The van der Waals surface area contributed by atoms with Gasteiger partial charge in [0.05, 0.1) is 11.5 Å². The van der Waals surface area contributed by atoms with Gasteiger partial charge >= 0.3 is 0 Å². The van der Waals surface area contributed by atoms with E-state index in [4.69, 9.17) is 14.7 Å². The number of hydrogen-bond donors (Lipinski definition) is 0. The van der Waals surface area contributed by atoms with E-state index in [1.165, 1.54) is 0 Å². The predicted octanol–water partition coefficient (Wildman–Crippen LogP) is 2.01. The topological polar surface area (TPSA) is 42.2 Å². The number of rotatable bonds is 1. The summed E-state index contributed by atoms with van der Waals surface area (Å²) >= 11 is 0. The molecule has 0 amide bonds. The third-order valence-electron chi connectivity index (χ3n) is 3.05. The highest BCUT2D eigenvalue weighted by atomic mass is 16.6. The number of ether oxygens (including phenoxy) is 2. The minimum absolute atomic E-state index is 0.300. The molecule has 1 aromatic rings. The Balaban J connectivity index is 2.13. The number of nitriles is 1. The van der Waals surface area contributed by atoms with Crippen LogP contribution in [0.1, 0.15) is 18.4 Å². The van der Waals surface area contributed by atoms with Crippen LogP contribution in [0.5, 0.6) is 11.5 Å². The van der Waals surface area contributed by atoms with Crippen LogP contribution in [0.15, 0.2) is 18.2 Å². The van der Waals surface area contributed by atoms with E-state index >= 15 is 0 Å². The highest BCUT2D eigenvalue weighted by molar-refractivity contribution is 5.55. The van der Waals surface area contributed by atoms with Gasteiger partial charge in [-0.15, -0.1) is 0 Å². The van der Waals surface area contributed by atoms with Gasteiger partial charge in [-0.2, -0.15) is 5.26 Å². The zero-order chi connectivity index (χ0) is 10.3. The lowest BCUT2D eigenvalue weighted by Crippen LogP contribution is -2.18. The van der Waals surface area contributed by atoms with Crippen molar-refractivity contribution >= 4 is 0 Å². The molecule has 2 aliphatic rings. The smallest absolute Gasteiger partial charge is 0.166 e. The standard InChI is InChI=1S/C12H11NO2/c13-8-12(4-5-12)9-2-1-3-10-11(9)15-7-6-14-10/h1-3H,4-7H2. The van der Waals surface area contributed by atoms with Gasteiger partial charge in [0.15, 0.2) is 11.5 Å². The molecule has 0 bridgehead atoms. The summed E-state index contributed by atoms with van der Waals surface area (Å²) in [6.07, 6.45) is 1.87. The van der Waals surface area contributed by atoms with Crippen molar-refractivity contribution in [2.24, 2.45) is 0 Å². The molecule has 1 aliphatic heterocycles. The van der Waals surface area contributed by atoms with Crippen molar-refractivity contribution in [1.29, 1.82) is 5.26 Å². The van der Waals surface area contributed by atoms with Gasteiger partial charge in [0.2, 0.25) is 0 Å². The third kappa shape index (κ3) is 1.18. The zero-order valence-electron chi connectivity index (χ0n) is 8.32. The molecule has 1 saturated carbocycles. The van der Waals surface area contributed by atoms with E-state index in [1.807, 2.05) is 18.2 Å². The SMILES string of the molecule is N#CC1(c2cccc3c2OCCO3)CC1. The van der Waals surface area contributed by atoms with Gasteiger partial charge in [-0.3, -0.25) is 0 Å². The van der Waals surface area contributed by atoms with Crippen LogP contribution in [-0.2, 0) is 5.41 Å². The fourth-order valence-corrected chi connectivity index (χ4v) is 2.02. The number of benzene rings is 1. The fraction of sp³-hybridized carbons (Fsp3) is 0.417. The molecule has 3 nitrogen and oxygen atoms in total. The summed E-state index contributed by atoms with van der Waals surface area (Å²) in [7, 11) is 0. The van der Waals surface area contributed by atoms with E-state index < -0.39 is 0 Å². The Morgan fingerprint density at radius 2 is 2.00 bits per heavy atom. The molecule has 1 aromatic carbocycles. The Bertz CT molecular complexity index is 443. The summed E-state index contributed by atoms with van der Waals surface area (Å²) in [6, 6.07) is 8.18. The average molecular weight is 201 g/mol. The van der Waals surface area contributed by atoms with E-state index in [-0.39, 0.29) is 5.41 Å². The number of hydrogen-bond acceptors (Lipinski definition) is 3. The van der Waals surface area contributed by atoms with Crippen LogP contribution >= 0.6 is 0 Å². The zero-order valence-corrected chi connectivity index (χ0v) is 8.32. The van der Waals surface area contributed by atoms with Crippen LogP contribution in [0.25, 0.3) is 0 Å². The maximum absolute atomic E-state index is 9.17. The molecule has 15 heavy (non-hydrogen) atoms. The van der Waals surface area contributed by atoms with Crippen LogP contribution in [0.4, 0.5) is 0 Å². The van der Waals surface area contributed by atoms with Crippen LogP contribution in [0.2, 0.25) is 0 Å². The number of nitrogens with zero attached hydrogens (tertiary/aromatic N) is 1. The summed E-state index contributed by atoms with van der Waals surface area (Å²) in [5.41, 5.74) is 0.702. The highest BCUT2D eigenvalue weighted by Gasteiger charge is 2.47. The quantitative estimate of drug-likeness (QED) is 0.698. The number of fused-ring (bicyclic) bond motifs is 1. The average Bonchev–Trinajstić information content (AvgIpc) is 3.09. The Morgan fingerprint density at radius 3 is 2.73 bits per heavy atom. The minimum atomic E-state index is -0.300. The summed E-state index contributed by atoms with van der Waals surface area (Å²) in [6.45, 7) is 1.17. The van der Waals surface area contributed by atoms with Gasteiger partial charge in [-0.1, -0.05) is 12.1 Å². The minimum Gasteiger partial charge on any atom is -0.486 e. The van der Waals surface area contributed by atoms with Gasteiger partial charge in [0.1, 0.15) is 13.2 Å². The first-order valence-electron chi connectivity index (χ1n) is 5.16. The molecule has 1 fully saturated rings. The highest BCUT2D eigenvalue weighted by Crippen LogP contribution is 2.53. The largest absolute Gasteiger partial charge is 0.486 e. The molecule has 0 atom stereocenters. The second kappa shape index (κ2) is 2.90. The summed E-state index contributed by atoms with van der Waals surface area (Å²) in [5.74, 6) is 1.56. The van der Waals surface area contributed by atoms with E-state index in [0.29, 0.717) is 13.2 Å². The van der Waals surface area contributed by atoms with Crippen LogP contribution < -0.4 is 9.47 Å². The molecule has 0 saturated heterocycles. The molecule has 0 unspecified atom stereocenters. The monoisotopic (exact) mass is 201 g/mol. The van der Waals surface area contributed by atoms with E-state index in [9.17, 15) is 0 Å². The normalized spacial score (nSPS) is 20.5. The lowest BCUT2D eigenvalue weighted by atomic mass is 9.96. The van der Waals surface area contributed by atoms with Gasteiger partial charge in [0.25, 0.3) is 0 Å². The van der Waals surface area contributed by atoms with Crippen LogP contribution in [0, 0.1) is 11.3 Å². The fourth-order valence-electron chi connectivity index (χ4n) is 2.02. The molecule has 1 aliphatic carbocycles. The van der Waals surface area contributed by atoms with Crippen molar-refractivity contribution in [3.63, 3.8) is 0 Å². The molecule has 3 rings (SSSR count). The first-order chi connectivity index (χ1) is 7.36. The Labute approximate surface area is 88.2 Å². The predicted molar refractivity (Wildman–Crippen MR) is 54.0 cm³/mol. The molecule has 0 N–H and O–H groups in total.